The molecule has 1 aromatic heterocycles. The lowest BCUT2D eigenvalue weighted by atomic mass is 10.2. The van der Waals surface area contributed by atoms with E-state index in [0.29, 0.717) is 25.3 Å². The van der Waals surface area contributed by atoms with Gasteiger partial charge in [-0.05, 0) is 19.1 Å². The highest BCUT2D eigenvalue weighted by Crippen LogP contribution is 2.14. The van der Waals surface area contributed by atoms with Crippen LogP contribution in [0.4, 0.5) is 5.82 Å². The third kappa shape index (κ3) is 2.94. The first-order valence-corrected chi connectivity index (χ1v) is 5.88. The minimum Gasteiger partial charge on any atom is -0.378 e. The number of ether oxygens (including phenoxy) is 1. The molecule has 0 atom stereocenters. The number of aromatic nitrogens is 1. The van der Waals surface area contributed by atoms with Crippen molar-refractivity contribution in [1.82, 2.24) is 10.3 Å². The van der Waals surface area contributed by atoms with Crippen molar-refractivity contribution in [3.05, 3.63) is 23.9 Å². The summed E-state index contributed by atoms with van der Waals surface area (Å²) in [5.74, 6) is 0.793. The predicted molar refractivity (Wildman–Crippen MR) is 65.3 cm³/mol. The highest BCUT2D eigenvalue weighted by Gasteiger charge is 2.14. The van der Waals surface area contributed by atoms with E-state index in [4.69, 9.17) is 4.74 Å². The molecule has 1 N–H and O–H groups in total. The first kappa shape index (κ1) is 11.9. The molecule has 1 fully saturated rings. The molecule has 0 bridgehead atoms. The first-order valence-electron chi connectivity index (χ1n) is 5.88. The van der Waals surface area contributed by atoms with Gasteiger partial charge in [0.05, 0.1) is 13.2 Å². The quantitative estimate of drug-likeness (QED) is 0.836. The molecule has 0 aliphatic carbocycles. The molecular weight excluding hydrogens is 218 g/mol. The van der Waals surface area contributed by atoms with Gasteiger partial charge in [-0.15, -0.1) is 0 Å². The summed E-state index contributed by atoms with van der Waals surface area (Å²) in [7, 11) is 0. The third-order valence-electron chi connectivity index (χ3n) is 2.68. The van der Waals surface area contributed by atoms with Crippen LogP contribution in [-0.4, -0.2) is 43.7 Å². The Morgan fingerprint density at radius 2 is 2.29 bits per heavy atom. The summed E-state index contributed by atoms with van der Waals surface area (Å²) in [5.41, 5.74) is 0.656. The van der Waals surface area contributed by atoms with Crippen molar-refractivity contribution in [1.29, 1.82) is 0 Å². The molecule has 92 valence electrons. The fraction of sp³-hybridized carbons (Fsp3) is 0.500. The van der Waals surface area contributed by atoms with E-state index >= 15 is 0 Å². The number of hydrogen-bond acceptors (Lipinski definition) is 4. The molecule has 0 radical (unpaired) electrons. The SMILES string of the molecule is CCNC(=O)c1ccnc(N2CCOCC2)c1. The Bertz CT molecular complexity index is 389. The Balaban J connectivity index is 2.12. The zero-order valence-electron chi connectivity index (χ0n) is 9.98. The fourth-order valence-electron chi connectivity index (χ4n) is 1.79. The lowest BCUT2D eigenvalue weighted by molar-refractivity contribution is 0.0955. The van der Waals surface area contributed by atoms with Gasteiger partial charge in [-0.2, -0.15) is 0 Å². The predicted octanol–water partition coefficient (Wildman–Crippen LogP) is 0.668. The van der Waals surface area contributed by atoms with Gasteiger partial charge in [0.25, 0.3) is 5.91 Å². The molecule has 1 aliphatic rings. The van der Waals surface area contributed by atoms with Gasteiger partial charge in [0.2, 0.25) is 0 Å². The van der Waals surface area contributed by atoms with Crippen molar-refractivity contribution in [2.45, 2.75) is 6.92 Å². The van der Waals surface area contributed by atoms with Crippen molar-refractivity contribution in [2.75, 3.05) is 37.7 Å². The van der Waals surface area contributed by atoms with Gasteiger partial charge in [-0.3, -0.25) is 4.79 Å². The molecule has 5 nitrogen and oxygen atoms in total. The zero-order chi connectivity index (χ0) is 12.1. The molecular formula is C12H17N3O2. The Morgan fingerprint density at radius 3 is 3.00 bits per heavy atom. The highest BCUT2D eigenvalue weighted by molar-refractivity contribution is 5.94. The van der Waals surface area contributed by atoms with Crippen LogP contribution in [0, 0.1) is 0 Å². The van der Waals surface area contributed by atoms with Gasteiger partial charge in [0, 0.05) is 31.4 Å². The number of nitrogens with one attached hydrogen (secondary N) is 1. The molecule has 0 saturated carbocycles. The maximum Gasteiger partial charge on any atom is 0.251 e. The summed E-state index contributed by atoms with van der Waals surface area (Å²) in [4.78, 5) is 18.1. The monoisotopic (exact) mass is 235 g/mol. The van der Waals surface area contributed by atoms with Crippen molar-refractivity contribution in [3.8, 4) is 0 Å². The number of hydrogen-bond donors (Lipinski definition) is 1. The molecule has 1 aliphatic heterocycles. The summed E-state index contributed by atoms with van der Waals surface area (Å²) >= 11 is 0. The number of nitrogens with zero attached hydrogens (tertiary/aromatic N) is 2. The van der Waals surface area contributed by atoms with E-state index in [2.05, 4.69) is 15.2 Å². The van der Waals surface area contributed by atoms with Crippen LogP contribution >= 0.6 is 0 Å². The van der Waals surface area contributed by atoms with Crippen LogP contribution < -0.4 is 10.2 Å². The van der Waals surface area contributed by atoms with Crippen LogP contribution in [0.3, 0.4) is 0 Å². The Morgan fingerprint density at radius 1 is 1.53 bits per heavy atom. The minimum absolute atomic E-state index is 0.0515. The summed E-state index contributed by atoms with van der Waals surface area (Å²) in [6, 6.07) is 3.56. The minimum atomic E-state index is -0.0515. The van der Waals surface area contributed by atoms with E-state index in [1.54, 1.807) is 12.3 Å². The molecule has 1 amide bonds. The average molecular weight is 235 g/mol. The molecule has 17 heavy (non-hydrogen) atoms. The van der Waals surface area contributed by atoms with Crippen LogP contribution in [0.25, 0.3) is 0 Å². The number of morpholine rings is 1. The van der Waals surface area contributed by atoms with Crippen molar-refractivity contribution >= 4 is 11.7 Å². The Hall–Kier alpha value is -1.62. The van der Waals surface area contributed by atoms with Crippen molar-refractivity contribution in [2.24, 2.45) is 0 Å². The summed E-state index contributed by atoms with van der Waals surface area (Å²) in [5, 5.41) is 2.78. The Labute approximate surface area is 101 Å². The van der Waals surface area contributed by atoms with E-state index < -0.39 is 0 Å². The number of amides is 1. The third-order valence-corrected chi connectivity index (χ3v) is 2.68. The number of anilines is 1. The standard InChI is InChI=1S/C12H17N3O2/c1-2-13-12(16)10-3-4-14-11(9-10)15-5-7-17-8-6-15/h3-4,9H,2,5-8H2,1H3,(H,13,16). The van der Waals surface area contributed by atoms with Crippen LogP contribution in [-0.2, 0) is 4.74 Å². The van der Waals surface area contributed by atoms with E-state index in [1.807, 2.05) is 13.0 Å². The topological polar surface area (TPSA) is 54.5 Å². The van der Waals surface area contributed by atoms with Gasteiger partial charge in [0.15, 0.2) is 0 Å². The second-order valence-electron chi connectivity index (χ2n) is 3.86. The van der Waals surface area contributed by atoms with Gasteiger partial charge in [-0.1, -0.05) is 0 Å². The number of carbonyl (C=O) groups excluding carboxylic acids is 1. The van der Waals surface area contributed by atoms with E-state index in [1.165, 1.54) is 0 Å². The smallest absolute Gasteiger partial charge is 0.251 e. The molecule has 1 saturated heterocycles. The molecule has 0 aromatic carbocycles. The Kier molecular flexibility index (Phi) is 3.93. The fourth-order valence-corrected chi connectivity index (χ4v) is 1.79. The molecule has 0 spiro atoms. The van der Waals surface area contributed by atoms with Gasteiger partial charge in [0.1, 0.15) is 5.82 Å². The van der Waals surface area contributed by atoms with Gasteiger partial charge >= 0.3 is 0 Å². The molecule has 2 rings (SSSR count). The average Bonchev–Trinajstić information content (AvgIpc) is 2.40. The molecule has 5 heteroatoms. The summed E-state index contributed by atoms with van der Waals surface area (Å²) in [6.45, 7) is 5.62. The molecule has 0 unspecified atom stereocenters. The number of pyridine rings is 1. The maximum absolute atomic E-state index is 11.7. The van der Waals surface area contributed by atoms with E-state index in [-0.39, 0.29) is 5.91 Å². The van der Waals surface area contributed by atoms with Gasteiger partial charge < -0.3 is 15.0 Å². The van der Waals surface area contributed by atoms with Crippen molar-refractivity contribution < 1.29 is 9.53 Å². The van der Waals surface area contributed by atoms with Crippen LogP contribution in [0.5, 0.6) is 0 Å². The van der Waals surface area contributed by atoms with Crippen LogP contribution in [0.15, 0.2) is 18.3 Å². The van der Waals surface area contributed by atoms with Crippen LogP contribution in [0.1, 0.15) is 17.3 Å². The highest BCUT2D eigenvalue weighted by atomic mass is 16.5. The van der Waals surface area contributed by atoms with E-state index in [0.717, 1.165) is 18.9 Å². The van der Waals surface area contributed by atoms with E-state index in [9.17, 15) is 4.79 Å². The lowest BCUT2D eigenvalue weighted by Gasteiger charge is -2.27. The zero-order valence-corrected chi connectivity index (χ0v) is 9.98. The summed E-state index contributed by atoms with van der Waals surface area (Å²) in [6.07, 6.45) is 1.68. The first-order chi connectivity index (χ1) is 8.31. The maximum atomic E-state index is 11.7. The normalized spacial score (nSPS) is 15.7. The molecule has 1 aromatic rings. The van der Waals surface area contributed by atoms with Crippen molar-refractivity contribution in [3.63, 3.8) is 0 Å². The van der Waals surface area contributed by atoms with Crippen LogP contribution in [0.2, 0.25) is 0 Å². The largest absolute Gasteiger partial charge is 0.378 e. The van der Waals surface area contributed by atoms with Gasteiger partial charge in [-0.25, -0.2) is 4.98 Å². The summed E-state index contributed by atoms with van der Waals surface area (Å²) < 4.78 is 5.29. The molecule has 2 heterocycles. The number of carbonyl (C=O) groups is 1. The second-order valence-corrected chi connectivity index (χ2v) is 3.86. The lowest BCUT2D eigenvalue weighted by Crippen LogP contribution is -2.37. The number of rotatable bonds is 3. The second kappa shape index (κ2) is 5.63.